The van der Waals surface area contributed by atoms with E-state index in [0.29, 0.717) is 0 Å². The number of rotatable bonds is 4. The molecule has 3 rings (SSSR count). The third-order valence-electron chi connectivity index (χ3n) is 3.43. The zero-order chi connectivity index (χ0) is 13.9. The van der Waals surface area contributed by atoms with Crippen LogP contribution in [0.1, 0.15) is 5.56 Å². The van der Waals surface area contributed by atoms with Crippen LogP contribution < -0.4 is 5.32 Å². The lowest BCUT2D eigenvalue weighted by molar-refractivity contribution is 0.757. The molecule has 0 saturated heterocycles. The highest BCUT2D eigenvalue weighted by Crippen LogP contribution is 2.18. The van der Waals surface area contributed by atoms with Crippen molar-refractivity contribution in [2.24, 2.45) is 0 Å². The zero-order valence-electron chi connectivity index (χ0n) is 11.4. The van der Waals surface area contributed by atoms with Gasteiger partial charge in [-0.3, -0.25) is 0 Å². The number of nitrogens with one attached hydrogen (secondary N) is 1. The molecule has 0 bridgehead atoms. The van der Waals surface area contributed by atoms with E-state index in [9.17, 15) is 0 Å². The molecule has 0 unspecified atom stereocenters. The van der Waals surface area contributed by atoms with Crippen LogP contribution in [0.15, 0.2) is 59.2 Å². The Morgan fingerprint density at radius 1 is 1.10 bits per heavy atom. The van der Waals surface area contributed by atoms with E-state index in [1.54, 1.807) is 0 Å². The monoisotopic (exact) mass is 328 g/mol. The average Bonchev–Trinajstić information content (AvgIpc) is 2.81. The van der Waals surface area contributed by atoms with Crippen molar-refractivity contribution in [3.8, 4) is 0 Å². The lowest BCUT2D eigenvalue weighted by Gasteiger charge is -2.09. The normalized spacial score (nSPS) is 10.9. The van der Waals surface area contributed by atoms with E-state index in [0.717, 1.165) is 23.2 Å². The average molecular weight is 329 g/mol. The van der Waals surface area contributed by atoms with Crippen molar-refractivity contribution in [2.75, 3.05) is 11.9 Å². The molecule has 1 heterocycles. The second-order valence-corrected chi connectivity index (χ2v) is 5.92. The van der Waals surface area contributed by atoms with Crippen LogP contribution in [0.4, 0.5) is 5.69 Å². The van der Waals surface area contributed by atoms with Gasteiger partial charge >= 0.3 is 0 Å². The SMILES string of the molecule is Cc1ccc2c(ccn2CCNc2cccc(Br)c2)c1. The quantitative estimate of drug-likeness (QED) is 0.726. The maximum atomic E-state index is 3.49. The maximum absolute atomic E-state index is 3.49. The van der Waals surface area contributed by atoms with E-state index in [-0.39, 0.29) is 0 Å². The molecule has 0 atom stereocenters. The van der Waals surface area contributed by atoms with Crippen LogP contribution in [0.5, 0.6) is 0 Å². The summed E-state index contributed by atoms with van der Waals surface area (Å²) in [4.78, 5) is 0. The first-order valence-corrected chi connectivity index (χ1v) is 7.56. The van der Waals surface area contributed by atoms with Crippen LogP contribution >= 0.6 is 15.9 Å². The van der Waals surface area contributed by atoms with Crippen molar-refractivity contribution in [1.29, 1.82) is 0 Å². The Morgan fingerprint density at radius 2 is 2.00 bits per heavy atom. The predicted octanol–water partition coefficient (Wildman–Crippen LogP) is 4.82. The number of benzene rings is 2. The number of hydrogen-bond donors (Lipinski definition) is 1. The molecule has 102 valence electrons. The summed E-state index contributed by atoms with van der Waals surface area (Å²) in [5.74, 6) is 0. The first-order chi connectivity index (χ1) is 9.72. The Balaban J connectivity index is 1.68. The third-order valence-corrected chi connectivity index (χ3v) is 3.93. The number of halogens is 1. The smallest absolute Gasteiger partial charge is 0.0481 e. The number of fused-ring (bicyclic) bond motifs is 1. The van der Waals surface area contributed by atoms with Gasteiger partial charge in [0.05, 0.1) is 0 Å². The maximum Gasteiger partial charge on any atom is 0.0481 e. The Morgan fingerprint density at radius 3 is 2.85 bits per heavy atom. The van der Waals surface area contributed by atoms with Crippen LogP contribution in [-0.4, -0.2) is 11.1 Å². The minimum atomic E-state index is 0.911. The lowest BCUT2D eigenvalue weighted by atomic mass is 10.2. The summed E-state index contributed by atoms with van der Waals surface area (Å²) in [6.07, 6.45) is 2.16. The van der Waals surface area contributed by atoms with Crippen LogP contribution in [-0.2, 0) is 6.54 Å². The van der Waals surface area contributed by atoms with Crippen molar-refractivity contribution in [1.82, 2.24) is 4.57 Å². The summed E-state index contributed by atoms with van der Waals surface area (Å²) in [5, 5.41) is 4.76. The van der Waals surface area contributed by atoms with Crippen LogP contribution in [0, 0.1) is 6.92 Å². The van der Waals surface area contributed by atoms with E-state index in [1.165, 1.54) is 16.5 Å². The molecular formula is C17H17BrN2. The molecule has 2 nitrogen and oxygen atoms in total. The molecule has 0 aliphatic heterocycles. The van der Waals surface area contributed by atoms with Gasteiger partial charge in [-0.2, -0.15) is 0 Å². The van der Waals surface area contributed by atoms with Gasteiger partial charge in [0, 0.05) is 35.0 Å². The van der Waals surface area contributed by atoms with Crippen molar-refractivity contribution in [3.63, 3.8) is 0 Å². The fourth-order valence-electron chi connectivity index (χ4n) is 2.43. The zero-order valence-corrected chi connectivity index (χ0v) is 13.0. The van der Waals surface area contributed by atoms with Gasteiger partial charge in [0.25, 0.3) is 0 Å². The molecule has 2 aromatic carbocycles. The Kier molecular flexibility index (Phi) is 3.79. The van der Waals surface area contributed by atoms with Crippen LogP contribution in [0.3, 0.4) is 0 Å². The molecule has 0 amide bonds. The number of hydrogen-bond acceptors (Lipinski definition) is 1. The summed E-state index contributed by atoms with van der Waals surface area (Å²) in [6, 6.07) is 17.0. The number of aromatic nitrogens is 1. The van der Waals surface area contributed by atoms with E-state index in [2.05, 4.69) is 75.3 Å². The summed E-state index contributed by atoms with van der Waals surface area (Å²) in [7, 11) is 0. The standard InChI is InChI=1S/C17H17BrN2/c1-13-5-6-17-14(11-13)7-9-20(17)10-8-19-16-4-2-3-15(18)12-16/h2-7,9,11-12,19H,8,10H2,1H3. The molecule has 1 N–H and O–H groups in total. The predicted molar refractivity (Wildman–Crippen MR) is 89.3 cm³/mol. The van der Waals surface area contributed by atoms with E-state index in [1.807, 2.05) is 12.1 Å². The second kappa shape index (κ2) is 5.71. The summed E-state index contributed by atoms with van der Waals surface area (Å²) in [5.41, 5.74) is 3.75. The molecule has 3 aromatic rings. The summed E-state index contributed by atoms with van der Waals surface area (Å²) < 4.78 is 3.39. The van der Waals surface area contributed by atoms with E-state index < -0.39 is 0 Å². The van der Waals surface area contributed by atoms with Gasteiger partial charge in [0.1, 0.15) is 0 Å². The Hall–Kier alpha value is -1.74. The van der Waals surface area contributed by atoms with Crippen molar-refractivity contribution >= 4 is 32.5 Å². The Labute approximate surface area is 127 Å². The van der Waals surface area contributed by atoms with Crippen molar-refractivity contribution in [3.05, 3.63) is 64.8 Å². The topological polar surface area (TPSA) is 17.0 Å². The summed E-state index contributed by atoms with van der Waals surface area (Å²) in [6.45, 7) is 4.00. The molecule has 3 heteroatoms. The first-order valence-electron chi connectivity index (χ1n) is 6.77. The second-order valence-electron chi connectivity index (χ2n) is 5.01. The molecule has 1 aromatic heterocycles. The van der Waals surface area contributed by atoms with Gasteiger partial charge in [-0.25, -0.2) is 0 Å². The molecule has 0 fully saturated rings. The molecule has 0 aliphatic carbocycles. The third kappa shape index (κ3) is 2.88. The molecular weight excluding hydrogens is 312 g/mol. The van der Waals surface area contributed by atoms with Crippen LogP contribution in [0.25, 0.3) is 10.9 Å². The first kappa shape index (κ1) is 13.3. The van der Waals surface area contributed by atoms with Gasteiger partial charge < -0.3 is 9.88 Å². The van der Waals surface area contributed by atoms with Gasteiger partial charge in [-0.05, 0) is 48.7 Å². The molecule has 20 heavy (non-hydrogen) atoms. The van der Waals surface area contributed by atoms with Crippen LogP contribution in [0.2, 0.25) is 0 Å². The molecule has 0 radical (unpaired) electrons. The van der Waals surface area contributed by atoms with Gasteiger partial charge in [-0.1, -0.05) is 33.6 Å². The minimum Gasteiger partial charge on any atom is -0.383 e. The van der Waals surface area contributed by atoms with Crippen molar-refractivity contribution in [2.45, 2.75) is 13.5 Å². The lowest BCUT2D eigenvalue weighted by Crippen LogP contribution is -2.09. The number of nitrogens with zero attached hydrogens (tertiary/aromatic N) is 1. The van der Waals surface area contributed by atoms with Crippen molar-refractivity contribution < 1.29 is 0 Å². The summed E-state index contributed by atoms with van der Waals surface area (Å²) >= 11 is 3.49. The highest BCUT2D eigenvalue weighted by atomic mass is 79.9. The largest absolute Gasteiger partial charge is 0.383 e. The highest BCUT2D eigenvalue weighted by Gasteiger charge is 2.01. The van der Waals surface area contributed by atoms with Gasteiger partial charge in [0.15, 0.2) is 0 Å². The van der Waals surface area contributed by atoms with Gasteiger partial charge in [0.2, 0.25) is 0 Å². The molecule has 0 aliphatic rings. The van der Waals surface area contributed by atoms with E-state index >= 15 is 0 Å². The fraction of sp³-hybridized carbons (Fsp3) is 0.176. The number of aryl methyl sites for hydroxylation is 1. The van der Waals surface area contributed by atoms with E-state index in [4.69, 9.17) is 0 Å². The fourth-order valence-corrected chi connectivity index (χ4v) is 2.83. The van der Waals surface area contributed by atoms with Gasteiger partial charge in [-0.15, -0.1) is 0 Å². The molecule has 0 saturated carbocycles. The minimum absolute atomic E-state index is 0.911. The molecule has 0 spiro atoms. The Bertz CT molecular complexity index is 731. The highest BCUT2D eigenvalue weighted by molar-refractivity contribution is 9.10. The number of anilines is 1.